The van der Waals surface area contributed by atoms with Crippen LogP contribution in [0.5, 0.6) is 0 Å². The van der Waals surface area contributed by atoms with Crippen LogP contribution < -0.4 is 5.32 Å². The highest BCUT2D eigenvalue weighted by Gasteiger charge is 2.21. The summed E-state index contributed by atoms with van der Waals surface area (Å²) < 4.78 is 1.89. The number of carbonyl (C=O) groups is 1. The second-order valence-corrected chi connectivity index (χ2v) is 10.3. The number of rotatable bonds is 7. The van der Waals surface area contributed by atoms with Gasteiger partial charge in [0, 0.05) is 11.8 Å². The van der Waals surface area contributed by atoms with Crippen LogP contribution in [0.1, 0.15) is 59.3 Å². The molecule has 0 saturated heterocycles. The van der Waals surface area contributed by atoms with Gasteiger partial charge in [0.1, 0.15) is 0 Å². The summed E-state index contributed by atoms with van der Waals surface area (Å²) in [5.41, 5.74) is 0. The summed E-state index contributed by atoms with van der Waals surface area (Å²) in [6.07, 6.45) is 7.32. The predicted octanol–water partition coefficient (Wildman–Crippen LogP) is 4.61. The van der Waals surface area contributed by atoms with E-state index in [1.54, 1.807) is 23.1 Å². The maximum absolute atomic E-state index is 12.4. The highest BCUT2D eigenvalue weighted by molar-refractivity contribution is 8.03. The molecule has 1 N–H and O–H groups in total. The highest BCUT2D eigenvalue weighted by Crippen LogP contribution is 2.32. The Hall–Kier alpha value is -0.270. The zero-order chi connectivity index (χ0) is 16.7. The SMILES string of the molecule is CC(C)CSc1nnc(S[C@@H](C)C(=O)NC2CCCCCC2)s1. The summed E-state index contributed by atoms with van der Waals surface area (Å²) in [6.45, 7) is 6.35. The largest absolute Gasteiger partial charge is 0.352 e. The molecule has 1 aliphatic rings. The summed E-state index contributed by atoms with van der Waals surface area (Å²) >= 11 is 4.86. The Bertz CT molecular complexity index is 485. The summed E-state index contributed by atoms with van der Waals surface area (Å²) in [6, 6.07) is 0.361. The zero-order valence-electron chi connectivity index (χ0n) is 14.2. The van der Waals surface area contributed by atoms with Gasteiger partial charge < -0.3 is 5.32 Å². The Morgan fingerprint density at radius 1 is 1.17 bits per heavy atom. The quantitative estimate of drug-likeness (QED) is 0.559. The van der Waals surface area contributed by atoms with Crippen LogP contribution in [-0.2, 0) is 4.79 Å². The lowest BCUT2D eigenvalue weighted by Gasteiger charge is -2.18. The minimum atomic E-state index is -0.117. The maximum atomic E-state index is 12.4. The van der Waals surface area contributed by atoms with E-state index in [0.29, 0.717) is 12.0 Å². The van der Waals surface area contributed by atoms with Crippen molar-refractivity contribution in [2.45, 2.75) is 79.3 Å². The van der Waals surface area contributed by atoms with E-state index in [0.717, 1.165) is 27.3 Å². The summed E-state index contributed by atoms with van der Waals surface area (Å²) in [4.78, 5) is 12.4. The van der Waals surface area contributed by atoms with Gasteiger partial charge in [-0.15, -0.1) is 10.2 Å². The van der Waals surface area contributed by atoms with Gasteiger partial charge in [-0.25, -0.2) is 0 Å². The van der Waals surface area contributed by atoms with Crippen molar-refractivity contribution in [1.82, 2.24) is 15.5 Å². The molecule has 130 valence electrons. The van der Waals surface area contributed by atoms with Gasteiger partial charge in [0.05, 0.1) is 5.25 Å². The Balaban J connectivity index is 1.78. The lowest BCUT2D eigenvalue weighted by molar-refractivity contribution is -0.121. The third-order valence-electron chi connectivity index (χ3n) is 3.78. The second kappa shape index (κ2) is 9.89. The van der Waals surface area contributed by atoms with E-state index in [-0.39, 0.29) is 11.2 Å². The third kappa shape index (κ3) is 7.01. The van der Waals surface area contributed by atoms with E-state index in [1.165, 1.54) is 37.4 Å². The Morgan fingerprint density at radius 3 is 2.48 bits per heavy atom. The van der Waals surface area contributed by atoms with Crippen LogP contribution >= 0.6 is 34.9 Å². The van der Waals surface area contributed by atoms with Gasteiger partial charge >= 0.3 is 0 Å². The summed E-state index contributed by atoms with van der Waals surface area (Å²) in [5, 5.41) is 11.5. The first kappa shape index (κ1) is 19.1. The van der Waals surface area contributed by atoms with Gasteiger partial charge in [0.25, 0.3) is 0 Å². The maximum Gasteiger partial charge on any atom is 0.233 e. The number of carbonyl (C=O) groups excluding carboxylic acids is 1. The molecule has 1 atom stereocenters. The average Bonchev–Trinajstić information content (AvgIpc) is 2.79. The molecule has 4 nitrogen and oxygen atoms in total. The molecule has 1 saturated carbocycles. The van der Waals surface area contributed by atoms with Crippen LogP contribution in [-0.4, -0.2) is 33.1 Å². The molecule has 0 aromatic carbocycles. The van der Waals surface area contributed by atoms with Gasteiger partial charge in [0.15, 0.2) is 8.68 Å². The Labute approximate surface area is 152 Å². The first-order valence-corrected chi connectivity index (χ1v) is 11.2. The van der Waals surface area contributed by atoms with E-state index < -0.39 is 0 Å². The van der Waals surface area contributed by atoms with Crippen molar-refractivity contribution < 1.29 is 4.79 Å². The molecule has 0 bridgehead atoms. The Morgan fingerprint density at radius 2 is 1.83 bits per heavy atom. The fraction of sp³-hybridized carbons (Fsp3) is 0.812. The predicted molar refractivity (Wildman–Crippen MR) is 100 cm³/mol. The Kier molecular flexibility index (Phi) is 8.19. The van der Waals surface area contributed by atoms with Crippen molar-refractivity contribution in [3.8, 4) is 0 Å². The smallest absolute Gasteiger partial charge is 0.233 e. The molecule has 0 spiro atoms. The molecular formula is C16H27N3OS3. The average molecular weight is 374 g/mol. The zero-order valence-corrected chi connectivity index (χ0v) is 16.7. The van der Waals surface area contributed by atoms with Gasteiger partial charge in [-0.3, -0.25) is 4.79 Å². The molecule has 1 heterocycles. The van der Waals surface area contributed by atoms with Crippen LogP contribution in [0.2, 0.25) is 0 Å². The second-order valence-electron chi connectivity index (χ2n) is 6.50. The van der Waals surface area contributed by atoms with Crippen LogP contribution in [0.4, 0.5) is 0 Å². The number of hydrogen-bond donors (Lipinski definition) is 1. The molecule has 0 radical (unpaired) electrons. The van der Waals surface area contributed by atoms with Crippen molar-refractivity contribution in [1.29, 1.82) is 0 Å². The van der Waals surface area contributed by atoms with Crippen molar-refractivity contribution in [2.75, 3.05) is 5.75 Å². The summed E-state index contributed by atoms with van der Waals surface area (Å²) in [7, 11) is 0. The number of hydrogen-bond acceptors (Lipinski definition) is 6. The lowest BCUT2D eigenvalue weighted by Crippen LogP contribution is -2.39. The highest BCUT2D eigenvalue weighted by atomic mass is 32.2. The molecule has 0 aliphatic heterocycles. The minimum Gasteiger partial charge on any atom is -0.352 e. The van der Waals surface area contributed by atoms with E-state index in [9.17, 15) is 4.79 Å². The van der Waals surface area contributed by atoms with Gasteiger partial charge in [-0.2, -0.15) is 0 Å². The normalized spacial score (nSPS) is 17.9. The summed E-state index contributed by atoms with van der Waals surface area (Å²) in [5.74, 6) is 1.83. The topological polar surface area (TPSA) is 54.9 Å². The number of aromatic nitrogens is 2. The molecule has 1 aromatic heterocycles. The molecule has 1 fully saturated rings. The van der Waals surface area contributed by atoms with Crippen LogP contribution in [0.3, 0.4) is 0 Å². The molecule has 1 aliphatic carbocycles. The van der Waals surface area contributed by atoms with Crippen LogP contribution in [0.15, 0.2) is 8.68 Å². The minimum absolute atomic E-state index is 0.117. The monoisotopic (exact) mass is 373 g/mol. The van der Waals surface area contributed by atoms with E-state index in [4.69, 9.17) is 0 Å². The van der Waals surface area contributed by atoms with Crippen molar-refractivity contribution in [3.05, 3.63) is 0 Å². The van der Waals surface area contributed by atoms with Gasteiger partial charge in [-0.1, -0.05) is 74.4 Å². The molecular weight excluding hydrogens is 346 g/mol. The fourth-order valence-electron chi connectivity index (χ4n) is 2.49. The van der Waals surface area contributed by atoms with Crippen molar-refractivity contribution >= 4 is 40.8 Å². The fourth-order valence-corrected chi connectivity index (χ4v) is 5.64. The van der Waals surface area contributed by atoms with Gasteiger partial charge in [0.2, 0.25) is 5.91 Å². The van der Waals surface area contributed by atoms with Crippen LogP contribution in [0.25, 0.3) is 0 Å². The molecule has 1 amide bonds. The number of amides is 1. The molecule has 0 unspecified atom stereocenters. The first-order chi connectivity index (χ1) is 11.0. The van der Waals surface area contributed by atoms with Crippen LogP contribution in [0, 0.1) is 5.92 Å². The lowest BCUT2D eigenvalue weighted by atomic mass is 10.1. The standard InChI is InChI=1S/C16H27N3OS3/c1-11(2)10-21-15-18-19-16(23-15)22-12(3)14(20)17-13-8-6-4-5-7-9-13/h11-13H,4-10H2,1-3H3,(H,17,20)/t12-/m0/s1. The van der Waals surface area contributed by atoms with Gasteiger partial charge in [-0.05, 0) is 25.7 Å². The van der Waals surface area contributed by atoms with Crippen molar-refractivity contribution in [2.24, 2.45) is 5.92 Å². The first-order valence-electron chi connectivity index (χ1n) is 8.48. The van der Waals surface area contributed by atoms with E-state index in [2.05, 4.69) is 29.4 Å². The molecule has 7 heteroatoms. The number of nitrogens with zero attached hydrogens (tertiary/aromatic N) is 2. The van der Waals surface area contributed by atoms with Crippen molar-refractivity contribution in [3.63, 3.8) is 0 Å². The molecule has 1 aromatic rings. The van der Waals surface area contributed by atoms with E-state index in [1.807, 2.05) is 6.92 Å². The molecule has 23 heavy (non-hydrogen) atoms. The number of thioether (sulfide) groups is 2. The van der Waals surface area contributed by atoms with E-state index >= 15 is 0 Å². The molecule has 2 rings (SSSR count). The number of nitrogens with one attached hydrogen (secondary N) is 1. The third-order valence-corrected chi connectivity index (χ3v) is 7.44.